The van der Waals surface area contributed by atoms with E-state index in [4.69, 9.17) is 38.4 Å². The quantitative estimate of drug-likeness (QED) is 0.203. The van der Waals surface area contributed by atoms with Crippen LogP contribution in [0.25, 0.3) is 0 Å². The smallest absolute Gasteiger partial charge is 1.00 e. The van der Waals surface area contributed by atoms with Crippen molar-refractivity contribution in [3.63, 3.8) is 0 Å². The van der Waals surface area contributed by atoms with Crippen LogP contribution in [0.1, 0.15) is 5.71 Å². The molecule has 0 aliphatic rings. The summed E-state index contributed by atoms with van der Waals surface area (Å²) in [4.78, 5) is 58.6. The minimum atomic E-state index is -4.61. The van der Waals surface area contributed by atoms with E-state index in [-0.39, 0.29) is 81.2 Å². The average molecular weight is 276 g/mol. The van der Waals surface area contributed by atoms with E-state index in [2.05, 4.69) is 0 Å². The van der Waals surface area contributed by atoms with Crippen molar-refractivity contribution in [2.75, 3.05) is 0 Å². The third-order valence-electron chi connectivity index (χ3n) is 0. The molecule has 0 fully saturated rings. The number of rotatable bonds is 0. The summed E-state index contributed by atoms with van der Waals surface area (Å²) < 4.78 is 0. The minimum Gasteiger partial charge on any atom is -1.00 e. The van der Waals surface area contributed by atoms with Crippen LogP contribution in [-0.2, 0) is 0 Å². The molecule has 0 aromatic carbocycles. The molecule has 0 rings (SSSR count). The van der Waals surface area contributed by atoms with E-state index in [1.54, 1.807) is 0 Å². The van der Waals surface area contributed by atoms with E-state index in [0.717, 1.165) is 0 Å². The fraction of sp³-hybridized carbons (Fsp3) is 0. The second-order valence-corrected chi connectivity index (χ2v) is 3.60. The molecule has 8 nitrogen and oxygen atoms in total. The Balaban J connectivity index is -0.00000000970. The molecule has 0 spiro atoms. The summed E-state index contributed by atoms with van der Waals surface area (Å²) >= 11 is 0. The van der Waals surface area contributed by atoms with Gasteiger partial charge in [0.15, 0.2) is 0 Å². The van der Waals surface area contributed by atoms with Crippen LogP contribution in [0.15, 0.2) is 0 Å². The van der Waals surface area contributed by atoms with Crippen molar-refractivity contribution in [1.29, 1.82) is 0 Å². The Morgan fingerprint density at radius 2 is 0.500 bits per heavy atom. The second-order valence-electron chi connectivity index (χ2n) is 1.20. The standard InChI is InChI=1S/2Ca.2H4O4Si.4H/c;;2*1-5(2,3)4;;;;/h;;2*1-4H;;;;/q2*+2;;;4*-1. The fourth-order valence-corrected chi connectivity index (χ4v) is 0. The van der Waals surface area contributed by atoms with Gasteiger partial charge in [0.2, 0.25) is 0 Å². The third-order valence-corrected chi connectivity index (χ3v) is 0. The van der Waals surface area contributed by atoms with Crippen LogP contribution in [0.4, 0.5) is 0 Å². The van der Waals surface area contributed by atoms with E-state index < -0.39 is 18.1 Å². The molecule has 0 unspecified atom stereocenters. The molecule has 0 aromatic heterocycles. The first-order chi connectivity index (χ1) is 4.00. The van der Waals surface area contributed by atoms with Crippen molar-refractivity contribution in [2.45, 2.75) is 0 Å². The van der Waals surface area contributed by atoms with Crippen LogP contribution in [0, 0.1) is 0 Å². The van der Waals surface area contributed by atoms with Crippen LogP contribution in [0.3, 0.4) is 0 Å². The molecule has 12 heteroatoms. The maximum absolute atomic E-state index is 7.33. The maximum atomic E-state index is 7.33. The molecular formula is H12Ca2O8Si2. The number of hydrogen-bond donors (Lipinski definition) is 8. The third kappa shape index (κ3) is 247. The first kappa shape index (κ1) is 24.1. The van der Waals surface area contributed by atoms with Gasteiger partial charge in [0, 0.05) is 0 Å². The molecule has 0 saturated heterocycles. The molecule has 0 heterocycles. The zero-order valence-electron chi connectivity index (χ0n) is 9.99. The zero-order chi connectivity index (χ0) is 9.00. The molecular weight excluding hydrogens is 264 g/mol. The Kier molecular flexibility index (Phi) is 20.4. The summed E-state index contributed by atoms with van der Waals surface area (Å²) in [5.74, 6) is 0. The first-order valence-corrected chi connectivity index (χ1v) is 5.37. The van der Waals surface area contributed by atoms with Gasteiger partial charge in [-0.1, -0.05) is 0 Å². The van der Waals surface area contributed by atoms with Gasteiger partial charge in [-0.15, -0.1) is 0 Å². The van der Waals surface area contributed by atoms with E-state index in [1.165, 1.54) is 0 Å². The van der Waals surface area contributed by atoms with E-state index in [0.29, 0.717) is 0 Å². The minimum absolute atomic E-state index is 0. The maximum Gasteiger partial charge on any atom is 2.00 e. The summed E-state index contributed by atoms with van der Waals surface area (Å²) in [6, 6.07) is 0. The van der Waals surface area contributed by atoms with Gasteiger partial charge in [-0.3, -0.25) is 0 Å². The summed E-state index contributed by atoms with van der Waals surface area (Å²) in [5.41, 5.74) is 0. The van der Waals surface area contributed by atoms with Gasteiger partial charge in [0.1, 0.15) is 0 Å². The van der Waals surface area contributed by atoms with Gasteiger partial charge < -0.3 is 44.1 Å². The Hall–Kier alpha value is 2.63. The predicted molar refractivity (Wildman–Crippen MR) is 45.2 cm³/mol. The zero-order valence-corrected chi connectivity index (χ0v) is 12.4. The Labute approximate surface area is 136 Å². The normalized spacial score (nSPS) is 10.0. The number of hydrogen-bond acceptors (Lipinski definition) is 8. The van der Waals surface area contributed by atoms with Crippen LogP contribution in [0.2, 0.25) is 0 Å². The molecule has 72 valence electrons. The molecule has 8 N–H and O–H groups in total. The molecule has 0 aromatic rings. The summed E-state index contributed by atoms with van der Waals surface area (Å²) in [6.07, 6.45) is 0. The van der Waals surface area contributed by atoms with Gasteiger partial charge in [0.25, 0.3) is 0 Å². The molecule has 0 bridgehead atoms. The van der Waals surface area contributed by atoms with Gasteiger partial charge >= 0.3 is 93.6 Å². The Morgan fingerprint density at radius 1 is 0.500 bits per heavy atom. The van der Waals surface area contributed by atoms with Gasteiger partial charge in [-0.25, -0.2) is 0 Å². The predicted octanol–water partition coefficient (Wildman–Crippen LogP) is -5.53. The molecule has 0 saturated carbocycles. The SMILES string of the molecule is O[Si](O)(O)O.O[Si](O)(O)O.[Ca+2].[Ca+2].[H-].[H-].[H-].[H-]. The molecule has 0 radical (unpaired) electrons. The van der Waals surface area contributed by atoms with Crippen molar-refractivity contribution < 1.29 is 44.1 Å². The second kappa shape index (κ2) is 10.2. The molecule has 0 aliphatic carbocycles. The summed E-state index contributed by atoms with van der Waals surface area (Å²) in [6.45, 7) is 0. The van der Waals surface area contributed by atoms with Crippen molar-refractivity contribution in [3.05, 3.63) is 0 Å². The fourth-order valence-electron chi connectivity index (χ4n) is 0. The van der Waals surface area contributed by atoms with E-state index in [1.807, 2.05) is 0 Å². The molecule has 0 aliphatic heterocycles. The van der Waals surface area contributed by atoms with Gasteiger partial charge in [0.05, 0.1) is 0 Å². The monoisotopic (exact) mass is 276 g/mol. The van der Waals surface area contributed by atoms with Crippen molar-refractivity contribution in [1.82, 2.24) is 0 Å². The topological polar surface area (TPSA) is 162 Å². The largest absolute Gasteiger partial charge is 2.00 e. The van der Waals surface area contributed by atoms with E-state index in [9.17, 15) is 0 Å². The Morgan fingerprint density at radius 3 is 0.500 bits per heavy atom. The van der Waals surface area contributed by atoms with Crippen LogP contribution >= 0.6 is 0 Å². The Bertz CT molecular complexity index is 71.0. The van der Waals surface area contributed by atoms with Crippen molar-refractivity contribution >= 4 is 93.6 Å². The van der Waals surface area contributed by atoms with Crippen LogP contribution in [0.5, 0.6) is 0 Å². The van der Waals surface area contributed by atoms with Crippen LogP contribution in [-0.4, -0.2) is 132 Å². The van der Waals surface area contributed by atoms with E-state index >= 15 is 0 Å². The van der Waals surface area contributed by atoms with Crippen molar-refractivity contribution in [2.24, 2.45) is 0 Å². The van der Waals surface area contributed by atoms with Gasteiger partial charge in [-0.2, -0.15) is 0 Å². The van der Waals surface area contributed by atoms with Crippen LogP contribution < -0.4 is 0 Å². The summed E-state index contributed by atoms with van der Waals surface area (Å²) in [7, 11) is -9.22. The van der Waals surface area contributed by atoms with Gasteiger partial charge in [-0.05, 0) is 0 Å². The molecule has 0 amide bonds. The molecule has 0 atom stereocenters. The molecule has 12 heavy (non-hydrogen) atoms. The van der Waals surface area contributed by atoms with Crippen molar-refractivity contribution in [3.8, 4) is 0 Å². The first-order valence-electron chi connectivity index (χ1n) is 1.79. The average Bonchev–Trinajstić information content (AvgIpc) is 1.12. The summed E-state index contributed by atoms with van der Waals surface area (Å²) in [5, 5.41) is 0.